The Hall–Kier alpha value is -2.75. The van der Waals surface area contributed by atoms with Gasteiger partial charge in [0.25, 0.3) is 0 Å². The van der Waals surface area contributed by atoms with Gasteiger partial charge in [-0.05, 0) is 0 Å². The summed E-state index contributed by atoms with van der Waals surface area (Å²) >= 11 is -2.86. The molecule has 1 amide bonds. The van der Waals surface area contributed by atoms with Crippen molar-refractivity contribution < 1.29 is 50.8 Å². The molecule has 0 fully saturated rings. The summed E-state index contributed by atoms with van der Waals surface area (Å²) in [5.74, 6) is -1.68. The van der Waals surface area contributed by atoms with Crippen molar-refractivity contribution in [2.24, 2.45) is 0 Å². The van der Waals surface area contributed by atoms with Crippen LogP contribution in [0.15, 0.2) is 133 Å². The van der Waals surface area contributed by atoms with Crippen LogP contribution in [0.4, 0.5) is 0 Å². The van der Waals surface area contributed by atoms with Crippen LogP contribution < -0.4 is 38.4 Å². The molecule has 5 aromatic rings. The van der Waals surface area contributed by atoms with Crippen molar-refractivity contribution in [3.8, 4) is 11.1 Å². The van der Waals surface area contributed by atoms with Gasteiger partial charge in [0, 0.05) is 0 Å². The van der Waals surface area contributed by atoms with Gasteiger partial charge >= 0.3 is 229 Å². The molecule has 1 aliphatic carbocycles. The third kappa shape index (κ3) is 5.76. The molecule has 0 saturated carbocycles. The van der Waals surface area contributed by atoms with Gasteiger partial charge in [-0.2, -0.15) is 0 Å². The molecular weight excluding hydrogens is 617 g/mol. The summed E-state index contributed by atoms with van der Waals surface area (Å²) < 4.78 is 4.08. The second-order valence-electron chi connectivity index (χ2n) is 9.59. The minimum Gasteiger partial charge on any atom is -1.00 e. The summed E-state index contributed by atoms with van der Waals surface area (Å²) in [4.78, 5) is 14.0. The third-order valence-corrected chi connectivity index (χ3v) is 26.7. The van der Waals surface area contributed by atoms with E-state index in [0.29, 0.717) is 0 Å². The van der Waals surface area contributed by atoms with Crippen LogP contribution in [-0.4, -0.2) is 11.8 Å². The van der Waals surface area contributed by atoms with E-state index < -0.39 is 27.1 Å². The Bertz CT molecular complexity index is 1480. The molecule has 0 unspecified atom stereocenters. The van der Waals surface area contributed by atoms with Gasteiger partial charge in [0.1, 0.15) is 0 Å². The van der Waals surface area contributed by atoms with Crippen molar-refractivity contribution >= 4 is 22.2 Å². The fourth-order valence-electron chi connectivity index (χ4n) is 5.67. The van der Waals surface area contributed by atoms with Gasteiger partial charge in [-0.15, -0.1) is 0 Å². The average Bonchev–Trinajstić information content (AvgIpc) is 3.28. The van der Waals surface area contributed by atoms with Crippen molar-refractivity contribution in [1.29, 1.82) is 0 Å². The van der Waals surface area contributed by atoms with Gasteiger partial charge in [-0.1, -0.05) is 0 Å². The van der Waals surface area contributed by atoms with E-state index in [2.05, 4.69) is 112 Å². The van der Waals surface area contributed by atoms with E-state index in [1.165, 1.54) is 32.6 Å². The standard InChI is InChI=1S/C13H9.C12H11Si.C8H9NO.2ClH.Zr/c1-3-7-12-10(5-1)9-11-6-2-4-8-13(11)12;1-3-7-11(8-4-1)13-12-9-5-2-6-10-12;1-6-4-2-3-5-7(6)8(9)10;;;/h1-9H;1-10,13H;2-5H,1H3,(H2,9,10);2*1H;/q;;;;;+3/p-3. The van der Waals surface area contributed by atoms with Crippen molar-refractivity contribution in [2.75, 3.05) is 0 Å². The van der Waals surface area contributed by atoms with E-state index in [0.717, 1.165) is 11.1 Å². The molecule has 0 aromatic heterocycles. The zero-order valence-corrected chi connectivity index (χ0v) is 26.6. The van der Waals surface area contributed by atoms with E-state index in [4.69, 9.17) is 0 Å². The van der Waals surface area contributed by atoms with Gasteiger partial charge in [-0.25, -0.2) is 0 Å². The monoisotopic (exact) mass is 642 g/mol. The molecule has 0 atom stereocenters. The number of rotatable bonds is 6. The Kier molecular flexibility index (Phi) is 9.80. The number of carbonyl (C=O) groups is 1. The van der Waals surface area contributed by atoms with Crippen molar-refractivity contribution in [2.45, 2.75) is 10.5 Å². The summed E-state index contributed by atoms with van der Waals surface area (Å²) in [6.45, 7) is 2.03. The first-order chi connectivity index (χ1) is 18.2. The van der Waals surface area contributed by atoms with E-state index >= 15 is 0 Å². The van der Waals surface area contributed by atoms with Crippen LogP contribution in [0.2, 0.25) is 0 Å². The van der Waals surface area contributed by atoms with Gasteiger partial charge in [0.2, 0.25) is 0 Å². The summed E-state index contributed by atoms with van der Waals surface area (Å²) in [5, 5.41) is 2.82. The van der Waals surface area contributed by atoms with Crippen LogP contribution in [0, 0.1) is 6.92 Å². The van der Waals surface area contributed by atoms with Gasteiger partial charge in [-0.3, -0.25) is 0 Å². The van der Waals surface area contributed by atoms with Crippen molar-refractivity contribution in [1.82, 2.24) is 3.26 Å². The zero-order valence-electron chi connectivity index (χ0n) is 21.5. The zero-order chi connectivity index (χ0) is 25.2. The van der Waals surface area contributed by atoms with Crippen LogP contribution in [0.25, 0.3) is 11.1 Å². The molecule has 0 heterocycles. The van der Waals surface area contributed by atoms with Gasteiger partial charge in [0.05, 0.1) is 0 Å². The first-order valence-electron chi connectivity index (χ1n) is 12.7. The molecule has 0 radical (unpaired) electrons. The molecule has 193 valence electrons. The summed E-state index contributed by atoms with van der Waals surface area (Å²) in [6.07, 6.45) is 0. The van der Waals surface area contributed by atoms with Gasteiger partial charge < -0.3 is 24.8 Å². The Balaban J connectivity index is 0.00000176. The number of aryl methyl sites for hydroxylation is 1. The number of hydrogen-bond donors (Lipinski definition) is 1. The Morgan fingerprint density at radius 2 is 1.05 bits per heavy atom. The predicted octanol–water partition coefficient (Wildman–Crippen LogP) is -0.426. The van der Waals surface area contributed by atoms with Crippen LogP contribution in [0.1, 0.15) is 30.7 Å². The molecule has 2 nitrogen and oxygen atoms in total. The average molecular weight is 645 g/mol. The first kappa shape index (κ1) is 29.2. The summed E-state index contributed by atoms with van der Waals surface area (Å²) in [7, 11) is 0. The molecule has 39 heavy (non-hydrogen) atoms. The number of halogens is 2. The maximum atomic E-state index is 14.0. The van der Waals surface area contributed by atoms with Crippen LogP contribution >= 0.6 is 0 Å². The Morgan fingerprint density at radius 3 is 1.56 bits per heavy atom. The first-order valence-corrected chi connectivity index (χ1v) is 21.4. The Morgan fingerprint density at radius 1 is 0.615 bits per heavy atom. The largest absolute Gasteiger partial charge is 1.00 e. The van der Waals surface area contributed by atoms with Crippen molar-refractivity contribution in [3.63, 3.8) is 0 Å². The molecule has 6 heteroatoms. The van der Waals surface area contributed by atoms with E-state index in [9.17, 15) is 4.79 Å². The third-order valence-electron chi connectivity index (χ3n) is 7.37. The van der Waals surface area contributed by atoms with Crippen LogP contribution in [-0.2, 0) is 21.2 Å². The second-order valence-corrected chi connectivity index (χ2v) is 24.0. The quantitative estimate of drug-likeness (QED) is 0.250. The molecule has 0 aliphatic heterocycles. The molecule has 1 N–H and O–H groups in total. The molecule has 0 bridgehead atoms. The van der Waals surface area contributed by atoms with Crippen LogP contribution in [0.5, 0.6) is 0 Å². The van der Waals surface area contributed by atoms with E-state index in [1.54, 1.807) is 0 Å². The molecular formula is C33H28Cl2NOSiZr. The smallest absolute Gasteiger partial charge is 1.00 e. The molecule has 1 aliphatic rings. The fraction of sp³-hybridized carbons (Fsp3) is 0.0606. The fourth-order valence-corrected chi connectivity index (χ4v) is 27.2. The number of benzene rings is 5. The minimum atomic E-state index is -2.86. The predicted molar refractivity (Wildman–Crippen MR) is 152 cm³/mol. The number of amides is 1. The number of hydrogen-bond acceptors (Lipinski definition) is 1. The summed E-state index contributed by atoms with van der Waals surface area (Å²) in [5.41, 5.74) is 7.21. The summed E-state index contributed by atoms with van der Waals surface area (Å²) in [6, 6.07) is 47.6. The van der Waals surface area contributed by atoms with E-state index in [1.807, 2.05) is 31.2 Å². The maximum absolute atomic E-state index is 14.0. The number of carbonyl (C=O) groups excluding carboxylic acids is 1. The normalized spacial score (nSPS) is 11.5. The van der Waals surface area contributed by atoms with Crippen molar-refractivity contribution in [3.05, 3.63) is 156 Å². The van der Waals surface area contributed by atoms with Gasteiger partial charge in [0.15, 0.2) is 0 Å². The molecule has 6 rings (SSSR count). The molecule has 0 saturated heterocycles. The minimum absolute atomic E-state index is 0. The number of nitrogens with one attached hydrogen (secondary N) is 1. The maximum Gasteiger partial charge on any atom is -1.00 e. The topological polar surface area (TPSA) is 29.1 Å². The Labute approximate surface area is 252 Å². The SMILES string of the molecule is Cc1ccccc1C(=O)[NH][Zr+2]([CH]1c2ccccc2-c2ccccc21)[SiH](c1ccccc1)c1ccccc1.[Cl-].[Cl-]. The molecule has 0 spiro atoms. The van der Waals surface area contributed by atoms with E-state index in [-0.39, 0.29) is 34.3 Å². The number of fused-ring (bicyclic) bond motifs is 3. The molecule has 5 aromatic carbocycles. The second kappa shape index (κ2) is 13.1. The van der Waals surface area contributed by atoms with Crippen LogP contribution in [0.3, 0.4) is 0 Å².